The average Bonchev–Trinajstić information content (AvgIpc) is 3.14. The molecule has 0 aliphatic heterocycles. The molecule has 1 fully saturated rings. The average molecular weight is 265 g/mol. The van der Waals surface area contributed by atoms with E-state index >= 15 is 0 Å². The molecule has 2 unspecified atom stereocenters. The van der Waals surface area contributed by atoms with Crippen molar-refractivity contribution in [2.75, 3.05) is 24.3 Å². The third kappa shape index (κ3) is 3.94. The summed E-state index contributed by atoms with van der Waals surface area (Å²) in [6.07, 6.45) is 4.73. The molecule has 0 radical (unpaired) electrons. The summed E-state index contributed by atoms with van der Waals surface area (Å²) in [5.41, 5.74) is 0. The van der Waals surface area contributed by atoms with Crippen LogP contribution in [-0.2, 0) is 0 Å². The maximum absolute atomic E-state index is 5.11. The molecular formula is C13H23N5O. The van der Waals surface area contributed by atoms with Crippen LogP contribution < -0.4 is 15.4 Å². The van der Waals surface area contributed by atoms with Crippen LogP contribution in [0.5, 0.6) is 6.01 Å². The van der Waals surface area contributed by atoms with E-state index in [4.69, 9.17) is 4.74 Å². The van der Waals surface area contributed by atoms with Crippen LogP contribution in [0.2, 0.25) is 0 Å². The molecule has 6 nitrogen and oxygen atoms in total. The minimum Gasteiger partial charge on any atom is -0.467 e. The van der Waals surface area contributed by atoms with Gasteiger partial charge in [0.2, 0.25) is 11.9 Å². The van der Waals surface area contributed by atoms with Crippen LogP contribution in [0.4, 0.5) is 11.9 Å². The van der Waals surface area contributed by atoms with Crippen molar-refractivity contribution < 1.29 is 4.74 Å². The molecule has 1 heterocycles. The number of aromatic nitrogens is 3. The normalized spacial score (nSPS) is 21.0. The number of hydrogen-bond donors (Lipinski definition) is 2. The van der Waals surface area contributed by atoms with Gasteiger partial charge in [-0.25, -0.2) is 0 Å². The summed E-state index contributed by atoms with van der Waals surface area (Å²) in [4.78, 5) is 12.8. The highest BCUT2D eigenvalue weighted by Crippen LogP contribution is 2.36. The van der Waals surface area contributed by atoms with Crippen molar-refractivity contribution in [2.24, 2.45) is 5.92 Å². The van der Waals surface area contributed by atoms with E-state index in [1.807, 2.05) is 0 Å². The van der Waals surface area contributed by atoms with Crippen LogP contribution >= 0.6 is 0 Å². The first kappa shape index (κ1) is 13.8. The summed E-state index contributed by atoms with van der Waals surface area (Å²) < 4.78 is 5.11. The number of rotatable bonds is 8. The zero-order chi connectivity index (χ0) is 13.7. The molecule has 19 heavy (non-hydrogen) atoms. The Balaban J connectivity index is 1.99. The number of nitrogens with zero attached hydrogens (tertiary/aromatic N) is 3. The fourth-order valence-corrected chi connectivity index (χ4v) is 2.11. The molecule has 2 N–H and O–H groups in total. The molecule has 0 bridgehead atoms. The summed E-state index contributed by atoms with van der Waals surface area (Å²) in [6.45, 7) is 5.16. The zero-order valence-corrected chi connectivity index (χ0v) is 11.9. The summed E-state index contributed by atoms with van der Waals surface area (Å²) >= 11 is 0. The Morgan fingerprint density at radius 1 is 1.16 bits per heavy atom. The molecule has 1 saturated carbocycles. The molecule has 1 aliphatic carbocycles. The van der Waals surface area contributed by atoms with E-state index < -0.39 is 0 Å². The van der Waals surface area contributed by atoms with Crippen molar-refractivity contribution in [3.63, 3.8) is 0 Å². The summed E-state index contributed by atoms with van der Waals surface area (Å²) in [6, 6.07) is 0.856. The van der Waals surface area contributed by atoms with E-state index in [1.165, 1.54) is 19.3 Å². The molecular weight excluding hydrogens is 242 g/mol. The van der Waals surface area contributed by atoms with Gasteiger partial charge in [-0.15, -0.1) is 0 Å². The van der Waals surface area contributed by atoms with Crippen LogP contribution in [0.1, 0.15) is 39.5 Å². The van der Waals surface area contributed by atoms with Crippen LogP contribution in [-0.4, -0.2) is 34.6 Å². The quantitative estimate of drug-likeness (QED) is 0.751. The van der Waals surface area contributed by atoms with Crippen molar-refractivity contribution in [3.8, 4) is 6.01 Å². The van der Waals surface area contributed by atoms with E-state index in [1.54, 1.807) is 7.11 Å². The summed E-state index contributed by atoms with van der Waals surface area (Å²) in [5, 5.41) is 6.52. The Kier molecular flexibility index (Phi) is 4.76. The molecule has 2 atom stereocenters. The molecule has 1 aromatic heterocycles. The minimum absolute atomic E-state index is 0.351. The Bertz CT molecular complexity index is 412. The molecule has 106 valence electrons. The molecule has 2 rings (SSSR count). The highest BCUT2D eigenvalue weighted by atomic mass is 16.5. The second kappa shape index (κ2) is 6.54. The largest absolute Gasteiger partial charge is 0.467 e. The Morgan fingerprint density at radius 2 is 1.95 bits per heavy atom. The van der Waals surface area contributed by atoms with E-state index in [9.17, 15) is 0 Å². The van der Waals surface area contributed by atoms with E-state index in [0.29, 0.717) is 23.9 Å². The second-order valence-corrected chi connectivity index (χ2v) is 4.93. The van der Waals surface area contributed by atoms with Gasteiger partial charge in [-0.3, -0.25) is 0 Å². The Morgan fingerprint density at radius 3 is 2.63 bits per heavy atom. The van der Waals surface area contributed by atoms with Gasteiger partial charge in [0.1, 0.15) is 0 Å². The van der Waals surface area contributed by atoms with Gasteiger partial charge in [-0.05, 0) is 25.2 Å². The molecule has 1 aliphatic rings. The highest BCUT2D eigenvalue weighted by molar-refractivity contribution is 5.38. The van der Waals surface area contributed by atoms with E-state index in [0.717, 1.165) is 18.9 Å². The van der Waals surface area contributed by atoms with Crippen molar-refractivity contribution in [3.05, 3.63) is 0 Å². The molecule has 0 aromatic carbocycles. The Labute approximate surface area is 114 Å². The minimum atomic E-state index is 0.351. The smallest absolute Gasteiger partial charge is 0.322 e. The van der Waals surface area contributed by atoms with Crippen molar-refractivity contribution in [2.45, 2.75) is 45.6 Å². The lowest BCUT2D eigenvalue weighted by Crippen LogP contribution is -2.12. The third-order valence-corrected chi connectivity index (χ3v) is 3.23. The van der Waals surface area contributed by atoms with Gasteiger partial charge in [0.15, 0.2) is 0 Å². The van der Waals surface area contributed by atoms with Gasteiger partial charge in [0.05, 0.1) is 7.11 Å². The fourth-order valence-electron chi connectivity index (χ4n) is 2.11. The lowest BCUT2D eigenvalue weighted by Gasteiger charge is -2.08. The molecule has 0 spiro atoms. The Hall–Kier alpha value is -1.59. The van der Waals surface area contributed by atoms with Crippen molar-refractivity contribution >= 4 is 11.9 Å². The van der Waals surface area contributed by atoms with Gasteiger partial charge in [0, 0.05) is 12.6 Å². The number of anilines is 2. The standard InChI is InChI=1S/C13H23N5O/c1-4-6-9-8-10(9)15-12-16-11(14-7-5-2)17-13(18-12)19-3/h9-10H,4-8H2,1-3H3,(H2,14,15,16,17,18). The lowest BCUT2D eigenvalue weighted by molar-refractivity contribution is 0.379. The highest BCUT2D eigenvalue weighted by Gasteiger charge is 2.36. The molecule has 1 aromatic rings. The van der Waals surface area contributed by atoms with Crippen LogP contribution in [0, 0.1) is 5.92 Å². The van der Waals surface area contributed by atoms with Gasteiger partial charge in [-0.2, -0.15) is 15.0 Å². The summed E-state index contributed by atoms with van der Waals surface area (Å²) in [7, 11) is 1.57. The van der Waals surface area contributed by atoms with Gasteiger partial charge in [-0.1, -0.05) is 20.3 Å². The predicted molar refractivity (Wildman–Crippen MR) is 75.6 cm³/mol. The zero-order valence-electron chi connectivity index (χ0n) is 11.9. The van der Waals surface area contributed by atoms with Crippen LogP contribution in [0.3, 0.4) is 0 Å². The van der Waals surface area contributed by atoms with Crippen LogP contribution in [0.25, 0.3) is 0 Å². The maximum Gasteiger partial charge on any atom is 0.322 e. The predicted octanol–water partition coefficient (Wildman–Crippen LogP) is 2.30. The molecule has 6 heteroatoms. The molecule has 0 saturated heterocycles. The first-order chi connectivity index (χ1) is 9.26. The topological polar surface area (TPSA) is 72.0 Å². The van der Waals surface area contributed by atoms with Crippen molar-refractivity contribution in [1.82, 2.24) is 15.0 Å². The second-order valence-electron chi connectivity index (χ2n) is 4.93. The number of methoxy groups -OCH3 is 1. The maximum atomic E-state index is 5.11. The van der Waals surface area contributed by atoms with Gasteiger partial charge >= 0.3 is 6.01 Å². The number of ether oxygens (including phenoxy) is 1. The fraction of sp³-hybridized carbons (Fsp3) is 0.769. The summed E-state index contributed by atoms with van der Waals surface area (Å²) in [5.74, 6) is 1.94. The lowest BCUT2D eigenvalue weighted by atomic mass is 10.2. The monoisotopic (exact) mass is 265 g/mol. The van der Waals surface area contributed by atoms with Gasteiger partial charge < -0.3 is 15.4 Å². The van der Waals surface area contributed by atoms with E-state index in [2.05, 4.69) is 39.4 Å². The van der Waals surface area contributed by atoms with Crippen LogP contribution in [0.15, 0.2) is 0 Å². The third-order valence-electron chi connectivity index (χ3n) is 3.23. The number of nitrogens with one attached hydrogen (secondary N) is 2. The van der Waals surface area contributed by atoms with E-state index in [-0.39, 0.29) is 0 Å². The first-order valence-corrected chi connectivity index (χ1v) is 7.07. The molecule has 0 amide bonds. The number of hydrogen-bond acceptors (Lipinski definition) is 6. The van der Waals surface area contributed by atoms with Crippen molar-refractivity contribution in [1.29, 1.82) is 0 Å². The first-order valence-electron chi connectivity index (χ1n) is 7.07. The van der Waals surface area contributed by atoms with Gasteiger partial charge in [0.25, 0.3) is 0 Å². The SMILES string of the molecule is CCCNc1nc(NC2CC2CCC)nc(OC)n1.